The average Bonchev–Trinajstić information content (AvgIpc) is 3.00. The fourth-order valence-corrected chi connectivity index (χ4v) is 3.68. The summed E-state index contributed by atoms with van der Waals surface area (Å²) in [4.78, 5) is 33.2. The van der Waals surface area contributed by atoms with E-state index >= 15 is 0 Å². The number of esters is 2. The van der Waals surface area contributed by atoms with Crippen LogP contribution in [0.25, 0.3) is 10.2 Å². The number of aryl methyl sites for hydroxylation is 1. The van der Waals surface area contributed by atoms with Crippen LogP contribution in [0, 0.1) is 6.92 Å². The molecule has 0 amide bonds. The Morgan fingerprint density at radius 1 is 1.15 bits per heavy atom. The van der Waals surface area contributed by atoms with Gasteiger partial charge in [0.05, 0.1) is 35.9 Å². The Balaban J connectivity index is 2.08. The molecule has 0 saturated carbocycles. The minimum Gasteiger partial charge on any atom is -0.465 e. The van der Waals surface area contributed by atoms with E-state index in [-0.39, 0.29) is 0 Å². The van der Waals surface area contributed by atoms with Crippen molar-refractivity contribution in [2.75, 3.05) is 19.5 Å². The second-order valence-electron chi connectivity index (χ2n) is 5.26. The molecule has 0 aliphatic carbocycles. The number of carbonyl (C=O) groups excluding carboxylic acids is 2. The van der Waals surface area contributed by atoms with Gasteiger partial charge < -0.3 is 14.8 Å². The quantitative estimate of drug-likeness (QED) is 0.673. The first kappa shape index (κ1) is 18.1. The Hall–Kier alpha value is -2.71. The second kappa shape index (κ2) is 7.27. The molecule has 3 aromatic rings. The van der Waals surface area contributed by atoms with E-state index in [1.165, 1.54) is 31.9 Å². The first-order valence-electron chi connectivity index (χ1n) is 7.43. The van der Waals surface area contributed by atoms with Gasteiger partial charge in [-0.3, -0.25) is 0 Å². The minimum atomic E-state index is -0.475. The van der Waals surface area contributed by atoms with Crippen molar-refractivity contribution >= 4 is 56.6 Å². The lowest BCUT2D eigenvalue weighted by atomic mass is 10.1. The molecule has 0 atom stereocenters. The molecule has 134 valence electrons. The predicted molar refractivity (Wildman–Crippen MR) is 99.6 cm³/mol. The average molecular weight is 392 g/mol. The number of nitrogens with one attached hydrogen (secondary N) is 1. The molecule has 0 radical (unpaired) electrons. The summed E-state index contributed by atoms with van der Waals surface area (Å²) >= 11 is 7.46. The second-order valence-corrected chi connectivity index (χ2v) is 6.67. The highest BCUT2D eigenvalue weighted by molar-refractivity contribution is 7.20. The van der Waals surface area contributed by atoms with E-state index in [1.54, 1.807) is 25.1 Å². The van der Waals surface area contributed by atoms with Crippen LogP contribution < -0.4 is 5.32 Å². The van der Waals surface area contributed by atoms with Crippen molar-refractivity contribution in [1.29, 1.82) is 0 Å². The maximum atomic E-state index is 11.9. The van der Waals surface area contributed by atoms with Gasteiger partial charge in [0.15, 0.2) is 0 Å². The molecule has 26 heavy (non-hydrogen) atoms. The number of thiophene rings is 1. The fraction of sp³-hybridized carbons (Fsp3) is 0.176. The van der Waals surface area contributed by atoms with Crippen molar-refractivity contribution in [3.63, 3.8) is 0 Å². The summed E-state index contributed by atoms with van der Waals surface area (Å²) < 4.78 is 9.54. The van der Waals surface area contributed by atoms with Crippen molar-refractivity contribution in [1.82, 2.24) is 9.97 Å². The van der Waals surface area contributed by atoms with Crippen molar-refractivity contribution in [3.05, 3.63) is 45.6 Å². The Kier molecular flexibility index (Phi) is 5.06. The standard InChI is InChI=1S/C17H14ClN3O4S/c1-8-12-14(19-7-20-15(12)26-13(8)17(23)25-3)21-11-6-9(16(22)24-2)4-5-10(11)18/h4-7H,1-3H3,(H,19,20,21). The number of anilines is 2. The van der Waals surface area contributed by atoms with E-state index in [0.29, 0.717) is 42.7 Å². The molecular weight excluding hydrogens is 378 g/mol. The van der Waals surface area contributed by atoms with Gasteiger partial charge in [-0.1, -0.05) is 11.6 Å². The highest BCUT2D eigenvalue weighted by Gasteiger charge is 2.20. The number of halogens is 1. The van der Waals surface area contributed by atoms with Crippen LogP contribution in [0.2, 0.25) is 5.02 Å². The van der Waals surface area contributed by atoms with Crippen molar-refractivity contribution < 1.29 is 19.1 Å². The van der Waals surface area contributed by atoms with Gasteiger partial charge in [0, 0.05) is 0 Å². The minimum absolute atomic E-state index is 0.349. The van der Waals surface area contributed by atoms with E-state index in [2.05, 4.69) is 15.3 Å². The maximum Gasteiger partial charge on any atom is 0.348 e. The zero-order valence-corrected chi connectivity index (χ0v) is 15.7. The smallest absolute Gasteiger partial charge is 0.348 e. The number of carbonyl (C=O) groups is 2. The van der Waals surface area contributed by atoms with E-state index in [4.69, 9.17) is 21.1 Å². The lowest BCUT2D eigenvalue weighted by Gasteiger charge is -2.10. The molecule has 0 spiro atoms. The van der Waals surface area contributed by atoms with Crippen LogP contribution in [-0.4, -0.2) is 36.1 Å². The summed E-state index contributed by atoms with van der Waals surface area (Å²) in [6, 6.07) is 4.74. The van der Waals surface area contributed by atoms with Crippen LogP contribution in [0.15, 0.2) is 24.5 Å². The van der Waals surface area contributed by atoms with Gasteiger partial charge in [-0.05, 0) is 30.7 Å². The molecule has 0 bridgehead atoms. The Bertz CT molecular complexity index is 1020. The van der Waals surface area contributed by atoms with Crippen molar-refractivity contribution in [3.8, 4) is 0 Å². The highest BCUT2D eigenvalue weighted by atomic mass is 35.5. The number of aromatic nitrogens is 2. The van der Waals surface area contributed by atoms with E-state index in [1.807, 2.05) is 0 Å². The van der Waals surface area contributed by atoms with E-state index < -0.39 is 11.9 Å². The molecule has 0 saturated heterocycles. The Morgan fingerprint density at radius 3 is 2.58 bits per heavy atom. The van der Waals surface area contributed by atoms with Gasteiger partial charge >= 0.3 is 11.9 Å². The molecule has 1 aromatic carbocycles. The van der Waals surface area contributed by atoms with E-state index in [9.17, 15) is 9.59 Å². The Labute approximate surface area is 157 Å². The third-order valence-electron chi connectivity index (χ3n) is 3.74. The van der Waals surface area contributed by atoms with Gasteiger partial charge in [-0.2, -0.15) is 0 Å². The number of ether oxygens (including phenoxy) is 2. The first-order chi connectivity index (χ1) is 12.5. The third kappa shape index (κ3) is 3.21. The zero-order chi connectivity index (χ0) is 18.8. The topological polar surface area (TPSA) is 90.4 Å². The molecule has 0 unspecified atom stereocenters. The van der Waals surface area contributed by atoms with Crippen LogP contribution in [0.4, 0.5) is 11.5 Å². The summed E-state index contributed by atoms with van der Waals surface area (Å²) in [6.07, 6.45) is 1.39. The number of methoxy groups -OCH3 is 2. The Morgan fingerprint density at radius 2 is 1.88 bits per heavy atom. The molecule has 7 nitrogen and oxygen atoms in total. The van der Waals surface area contributed by atoms with Crippen LogP contribution in [0.3, 0.4) is 0 Å². The maximum absolute atomic E-state index is 11.9. The molecule has 3 rings (SSSR count). The summed E-state index contributed by atoms with van der Waals surface area (Å²) in [5.74, 6) is -0.428. The number of benzene rings is 1. The molecule has 9 heteroatoms. The monoisotopic (exact) mass is 391 g/mol. The van der Waals surface area contributed by atoms with Gasteiger partial charge in [0.2, 0.25) is 0 Å². The molecule has 0 fully saturated rings. The largest absolute Gasteiger partial charge is 0.465 e. The summed E-state index contributed by atoms with van der Waals surface area (Å²) in [6.45, 7) is 1.80. The lowest BCUT2D eigenvalue weighted by molar-refractivity contribution is 0.0594. The van der Waals surface area contributed by atoms with Gasteiger partial charge in [0.1, 0.15) is 21.9 Å². The number of hydrogen-bond donors (Lipinski definition) is 1. The van der Waals surface area contributed by atoms with Crippen LogP contribution in [-0.2, 0) is 9.47 Å². The lowest BCUT2D eigenvalue weighted by Crippen LogP contribution is -2.03. The van der Waals surface area contributed by atoms with Crippen LogP contribution >= 0.6 is 22.9 Å². The normalized spacial score (nSPS) is 10.6. The number of rotatable bonds is 4. The fourth-order valence-electron chi connectivity index (χ4n) is 2.45. The van der Waals surface area contributed by atoms with Crippen LogP contribution in [0.5, 0.6) is 0 Å². The molecule has 0 aliphatic heterocycles. The van der Waals surface area contributed by atoms with Gasteiger partial charge in [-0.25, -0.2) is 19.6 Å². The highest BCUT2D eigenvalue weighted by Crippen LogP contribution is 2.36. The molecule has 0 aliphatic rings. The van der Waals surface area contributed by atoms with Crippen molar-refractivity contribution in [2.24, 2.45) is 0 Å². The molecule has 1 N–H and O–H groups in total. The summed E-state index contributed by atoms with van der Waals surface area (Å²) in [5.41, 5.74) is 1.54. The van der Waals surface area contributed by atoms with Gasteiger partial charge in [-0.15, -0.1) is 11.3 Å². The molecule has 2 aromatic heterocycles. The molecular formula is C17H14ClN3O4S. The summed E-state index contributed by atoms with van der Waals surface area (Å²) in [5, 5.41) is 4.21. The zero-order valence-electron chi connectivity index (χ0n) is 14.1. The van der Waals surface area contributed by atoms with Crippen molar-refractivity contribution in [2.45, 2.75) is 6.92 Å². The van der Waals surface area contributed by atoms with Crippen LogP contribution in [0.1, 0.15) is 25.6 Å². The molecule has 2 heterocycles. The number of nitrogens with zero attached hydrogens (tertiary/aromatic N) is 2. The predicted octanol–water partition coefficient (Wildman–Crippen LogP) is 3.97. The third-order valence-corrected chi connectivity index (χ3v) is 5.25. The number of hydrogen-bond acceptors (Lipinski definition) is 8. The number of fused-ring (bicyclic) bond motifs is 1. The summed E-state index contributed by atoms with van der Waals surface area (Å²) in [7, 11) is 2.64. The first-order valence-corrected chi connectivity index (χ1v) is 8.63. The SMILES string of the molecule is COC(=O)c1ccc(Cl)c(Nc2ncnc3sc(C(=O)OC)c(C)c23)c1. The van der Waals surface area contributed by atoms with E-state index in [0.717, 1.165) is 0 Å². The van der Waals surface area contributed by atoms with Gasteiger partial charge in [0.25, 0.3) is 0 Å².